The first-order chi connectivity index (χ1) is 8.07. The van der Waals surface area contributed by atoms with Crippen LogP contribution in [0, 0.1) is 22.6 Å². The maximum Gasteiger partial charge on any atom is 0.244 e. The molecular weight excluding hydrogens is 243 g/mol. The number of carbonyl (C=O) groups excluding carboxylic acids is 1. The summed E-state index contributed by atoms with van der Waals surface area (Å²) in [6.45, 7) is 0. The van der Waals surface area contributed by atoms with Gasteiger partial charge in [-0.2, -0.15) is 5.26 Å². The summed E-state index contributed by atoms with van der Waals surface area (Å²) in [6, 6.07) is 5.91. The Kier molecular flexibility index (Phi) is 3.03. The molecule has 1 aromatic rings. The van der Waals surface area contributed by atoms with Gasteiger partial charge in [-0.15, -0.1) is 0 Å². The smallest absolute Gasteiger partial charge is 0.244 e. The summed E-state index contributed by atoms with van der Waals surface area (Å²) >= 11 is 5.71. The van der Waals surface area contributed by atoms with E-state index in [2.05, 4.69) is 5.32 Å². The SMILES string of the molecule is N#CC1(C(=O)Nc2cc(Cl)ccc2F)CCC1. The molecule has 0 atom stereocenters. The molecule has 0 heterocycles. The summed E-state index contributed by atoms with van der Waals surface area (Å²) in [5, 5.41) is 11.7. The van der Waals surface area contributed by atoms with Gasteiger partial charge in [-0.3, -0.25) is 4.79 Å². The third kappa shape index (κ3) is 2.11. The Hall–Kier alpha value is -1.60. The van der Waals surface area contributed by atoms with Crippen molar-refractivity contribution in [1.29, 1.82) is 5.26 Å². The highest BCUT2D eigenvalue weighted by Gasteiger charge is 2.44. The van der Waals surface area contributed by atoms with Gasteiger partial charge >= 0.3 is 0 Å². The third-order valence-electron chi connectivity index (χ3n) is 3.03. The zero-order valence-electron chi connectivity index (χ0n) is 8.96. The van der Waals surface area contributed by atoms with Crippen LogP contribution in [0.3, 0.4) is 0 Å². The molecule has 0 aliphatic heterocycles. The Morgan fingerprint density at radius 3 is 2.76 bits per heavy atom. The number of hydrogen-bond donors (Lipinski definition) is 1. The Morgan fingerprint density at radius 2 is 2.24 bits per heavy atom. The second kappa shape index (κ2) is 4.34. The van der Waals surface area contributed by atoms with E-state index in [1.807, 2.05) is 6.07 Å². The predicted octanol–water partition coefficient (Wildman–Crippen LogP) is 3.11. The number of benzene rings is 1. The van der Waals surface area contributed by atoms with Gasteiger partial charge in [0.2, 0.25) is 5.91 Å². The molecule has 0 aromatic heterocycles. The topological polar surface area (TPSA) is 52.9 Å². The maximum atomic E-state index is 13.4. The van der Waals surface area contributed by atoms with Gasteiger partial charge in [-0.1, -0.05) is 11.6 Å². The lowest BCUT2D eigenvalue weighted by molar-refractivity contribution is -0.126. The minimum absolute atomic E-state index is 0.0176. The molecule has 88 valence electrons. The molecule has 2 rings (SSSR count). The summed E-state index contributed by atoms with van der Waals surface area (Å²) in [4.78, 5) is 11.9. The van der Waals surface area contributed by atoms with Gasteiger partial charge in [-0.25, -0.2) is 4.39 Å². The molecule has 1 aliphatic carbocycles. The normalized spacial score (nSPS) is 16.8. The lowest BCUT2D eigenvalue weighted by Crippen LogP contribution is -2.40. The fraction of sp³-hybridized carbons (Fsp3) is 0.333. The monoisotopic (exact) mass is 252 g/mol. The van der Waals surface area contributed by atoms with Gasteiger partial charge in [0.15, 0.2) is 0 Å². The molecule has 1 aliphatic rings. The molecule has 1 amide bonds. The van der Waals surface area contributed by atoms with E-state index >= 15 is 0 Å². The molecule has 3 nitrogen and oxygen atoms in total. The van der Waals surface area contributed by atoms with Gasteiger partial charge in [0.05, 0.1) is 11.8 Å². The van der Waals surface area contributed by atoms with Gasteiger partial charge in [0, 0.05) is 5.02 Å². The molecule has 0 unspecified atom stereocenters. The number of rotatable bonds is 2. The molecule has 1 N–H and O–H groups in total. The molecule has 0 radical (unpaired) electrons. The van der Waals surface area contributed by atoms with Crippen LogP contribution < -0.4 is 5.32 Å². The first-order valence-corrected chi connectivity index (χ1v) is 5.63. The summed E-state index contributed by atoms with van der Waals surface area (Å²) in [5.74, 6) is -1.01. The standard InChI is InChI=1S/C12H10ClFN2O/c13-8-2-3-9(14)10(6-8)16-11(17)12(7-15)4-1-5-12/h2-3,6H,1,4-5H2,(H,16,17). The minimum Gasteiger partial charge on any atom is -0.322 e. The quantitative estimate of drug-likeness (QED) is 0.879. The van der Waals surface area contributed by atoms with E-state index in [0.29, 0.717) is 17.9 Å². The average molecular weight is 253 g/mol. The van der Waals surface area contributed by atoms with Crippen LogP contribution in [0.5, 0.6) is 0 Å². The van der Waals surface area contributed by atoms with Crippen LogP contribution in [-0.4, -0.2) is 5.91 Å². The highest BCUT2D eigenvalue weighted by atomic mass is 35.5. The average Bonchev–Trinajstić information content (AvgIpc) is 2.23. The fourth-order valence-electron chi connectivity index (χ4n) is 1.76. The van der Waals surface area contributed by atoms with Crippen LogP contribution in [0.25, 0.3) is 0 Å². The number of carbonyl (C=O) groups is 1. The minimum atomic E-state index is -0.991. The Labute approximate surface area is 103 Å². The molecular formula is C12H10ClFN2O. The Bertz CT molecular complexity index is 506. The van der Waals surface area contributed by atoms with Crippen LogP contribution in [0.1, 0.15) is 19.3 Å². The van der Waals surface area contributed by atoms with Crippen LogP contribution in [0.4, 0.5) is 10.1 Å². The number of amides is 1. The molecule has 1 aromatic carbocycles. The molecule has 0 bridgehead atoms. The molecule has 5 heteroatoms. The van der Waals surface area contributed by atoms with E-state index in [1.165, 1.54) is 18.2 Å². The van der Waals surface area contributed by atoms with E-state index in [0.717, 1.165) is 6.42 Å². The summed E-state index contributed by atoms with van der Waals surface area (Å²) in [5.41, 5.74) is -0.974. The zero-order valence-corrected chi connectivity index (χ0v) is 9.72. The number of anilines is 1. The Balaban J connectivity index is 2.19. The van der Waals surface area contributed by atoms with Crippen molar-refractivity contribution < 1.29 is 9.18 Å². The second-order valence-electron chi connectivity index (χ2n) is 4.13. The molecule has 0 spiro atoms. The van der Waals surface area contributed by atoms with Crippen molar-refractivity contribution in [3.05, 3.63) is 29.0 Å². The van der Waals surface area contributed by atoms with E-state index < -0.39 is 17.1 Å². The molecule has 1 saturated carbocycles. The van der Waals surface area contributed by atoms with Crippen molar-refractivity contribution in [2.75, 3.05) is 5.32 Å². The van der Waals surface area contributed by atoms with Crippen LogP contribution in [-0.2, 0) is 4.79 Å². The first-order valence-electron chi connectivity index (χ1n) is 5.25. The van der Waals surface area contributed by atoms with Crippen molar-refractivity contribution in [2.24, 2.45) is 5.41 Å². The number of halogens is 2. The summed E-state index contributed by atoms with van der Waals surface area (Å²) in [7, 11) is 0. The van der Waals surface area contributed by atoms with Crippen molar-refractivity contribution in [3.63, 3.8) is 0 Å². The van der Waals surface area contributed by atoms with E-state index in [1.54, 1.807) is 0 Å². The number of nitrogens with one attached hydrogen (secondary N) is 1. The van der Waals surface area contributed by atoms with Crippen LogP contribution in [0.15, 0.2) is 18.2 Å². The van der Waals surface area contributed by atoms with Crippen LogP contribution in [0.2, 0.25) is 5.02 Å². The number of hydrogen-bond acceptors (Lipinski definition) is 2. The highest BCUT2D eigenvalue weighted by molar-refractivity contribution is 6.30. The summed E-state index contributed by atoms with van der Waals surface area (Å²) < 4.78 is 13.4. The van der Waals surface area contributed by atoms with Gasteiger partial charge in [0.1, 0.15) is 11.2 Å². The second-order valence-corrected chi connectivity index (χ2v) is 4.56. The van der Waals surface area contributed by atoms with Gasteiger partial charge in [0.25, 0.3) is 0 Å². The van der Waals surface area contributed by atoms with Gasteiger partial charge in [-0.05, 0) is 37.5 Å². The third-order valence-corrected chi connectivity index (χ3v) is 3.27. The lowest BCUT2D eigenvalue weighted by atomic mass is 9.69. The van der Waals surface area contributed by atoms with E-state index in [-0.39, 0.29) is 5.69 Å². The number of nitrogens with zero attached hydrogens (tertiary/aromatic N) is 1. The summed E-state index contributed by atoms with van der Waals surface area (Å²) in [6.07, 6.45) is 1.90. The predicted molar refractivity (Wildman–Crippen MR) is 61.9 cm³/mol. The van der Waals surface area contributed by atoms with E-state index in [4.69, 9.17) is 16.9 Å². The maximum absolute atomic E-state index is 13.4. The van der Waals surface area contributed by atoms with Crippen LogP contribution >= 0.6 is 11.6 Å². The van der Waals surface area contributed by atoms with Crippen molar-refractivity contribution in [1.82, 2.24) is 0 Å². The largest absolute Gasteiger partial charge is 0.322 e. The molecule has 0 saturated heterocycles. The highest BCUT2D eigenvalue weighted by Crippen LogP contribution is 2.41. The van der Waals surface area contributed by atoms with Crippen molar-refractivity contribution >= 4 is 23.2 Å². The van der Waals surface area contributed by atoms with Crippen molar-refractivity contribution in [2.45, 2.75) is 19.3 Å². The fourth-order valence-corrected chi connectivity index (χ4v) is 1.93. The Morgan fingerprint density at radius 1 is 1.53 bits per heavy atom. The van der Waals surface area contributed by atoms with Crippen molar-refractivity contribution in [3.8, 4) is 6.07 Å². The van der Waals surface area contributed by atoms with Gasteiger partial charge < -0.3 is 5.32 Å². The zero-order chi connectivity index (χ0) is 12.5. The molecule has 1 fully saturated rings. The lowest BCUT2D eigenvalue weighted by Gasteiger charge is -2.33. The first kappa shape index (κ1) is 11.9. The number of nitriles is 1. The van der Waals surface area contributed by atoms with E-state index in [9.17, 15) is 9.18 Å². The molecule has 17 heavy (non-hydrogen) atoms.